The molecule has 4 rings (SSSR count). The Hall–Kier alpha value is -2.34. The zero-order chi connectivity index (χ0) is 18.3. The molecule has 26 heavy (non-hydrogen) atoms. The summed E-state index contributed by atoms with van der Waals surface area (Å²) in [4.78, 5) is 17.8. The first kappa shape index (κ1) is 17.1. The largest absolute Gasteiger partial charge is 0.372 e. The van der Waals surface area contributed by atoms with Crippen LogP contribution in [0, 0.1) is 5.92 Å². The van der Waals surface area contributed by atoms with E-state index >= 15 is 0 Å². The summed E-state index contributed by atoms with van der Waals surface area (Å²) in [6, 6.07) is 8.58. The molecule has 1 amide bonds. The van der Waals surface area contributed by atoms with Gasteiger partial charge in [0.25, 0.3) is 0 Å². The number of amides is 1. The lowest BCUT2D eigenvalue weighted by Gasteiger charge is -2.32. The number of para-hydroxylation sites is 1. The van der Waals surface area contributed by atoms with Crippen LogP contribution >= 0.6 is 0 Å². The van der Waals surface area contributed by atoms with Gasteiger partial charge >= 0.3 is 0 Å². The first-order valence-corrected chi connectivity index (χ1v) is 9.33. The average Bonchev–Trinajstić information content (AvgIpc) is 3.25. The zero-order valence-corrected chi connectivity index (χ0v) is 15.7. The molecule has 6 nitrogen and oxygen atoms in total. The predicted octanol–water partition coefficient (Wildman–Crippen LogP) is 1.59. The molecule has 0 bridgehead atoms. The van der Waals surface area contributed by atoms with Crippen molar-refractivity contribution in [3.05, 3.63) is 47.8 Å². The highest BCUT2D eigenvalue weighted by molar-refractivity contribution is 5.81. The van der Waals surface area contributed by atoms with Gasteiger partial charge in [-0.15, -0.1) is 0 Å². The Bertz CT molecular complexity index is 801. The Morgan fingerprint density at radius 2 is 2.04 bits per heavy atom. The third-order valence-electron chi connectivity index (χ3n) is 5.78. The number of hydrogen-bond acceptors (Lipinski definition) is 4. The lowest BCUT2D eigenvalue weighted by molar-refractivity contribution is -0.137. The van der Waals surface area contributed by atoms with Crippen molar-refractivity contribution in [3.8, 4) is 0 Å². The molecule has 1 saturated heterocycles. The number of carbonyl (C=O) groups is 1. The summed E-state index contributed by atoms with van der Waals surface area (Å²) in [5.41, 5.74) is 3.59. The van der Waals surface area contributed by atoms with Gasteiger partial charge in [0.05, 0.1) is 12.1 Å². The van der Waals surface area contributed by atoms with Crippen molar-refractivity contribution in [1.82, 2.24) is 20.0 Å². The number of aryl methyl sites for hydroxylation is 1. The van der Waals surface area contributed by atoms with E-state index in [4.69, 9.17) is 0 Å². The third kappa shape index (κ3) is 2.98. The number of nitrogens with zero attached hydrogens (tertiary/aromatic N) is 4. The van der Waals surface area contributed by atoms with Crippen LogP contribution in [0.4, 0.5) is 5.69 Å². The fraction of sp³-hybridized carbons (Fsp3) is 0.500. The summed E-state index contributed by atoms with van der Waals surface area (Å²) >= 11 is 0. The van der Waals surface area contributed by atoms with E-state index in [2.05, 4.69) is 58.5 Å². The molecule has 0 radical (unpaired) electrons. The normalized spacial score (nSPS) is 25.9. The molecule has 2 aromatic rings. The van der Waals surface area contributed by atoms with Crippen molar-refractivity contribution in [2.75, 3.05) is 31.6 Å². The number of aromatic nitrogens is 2. The minimum Gasteiger partial charge on any atom is -0.372 e. The Morgan fingerprint density at radius 1 is 1.23 bits per heavy atom. The molecule has 3 heterocycles. The summed E-state index contributed by atoms with van der Waals surface area (Å²) < 4.78 is 1.81. The Kier molecular flexibility index (Phi) is 4.44. The van der Waals surface area contributed by atoms with Gasteiger partial charge in [-0.1, -0.05) is 18.2 Å². The Balaban J connectivity index is 1.60. The van der Waals surface area contributed by atoms with Crippen molar-refractivity contribution in [2.45, 2.75) is 25.4 Å². The fourth-order valence-corrected chi connectivity index (χ4v) is 4.38. The number of fused-ring (bicyclic) bond motifs is 1. The molecule has 1 unspecified atom stereocenters. The second-order valence-electron chi connectivity index (χ2n) is 7.64. The van der Waals surface area contributed by atoms with E-state index in [0.717, 1.165) is 25.2 Å². The molecule has 0 spiro atoms. The summed E-state index contributed by atoms with van der Waals surface area (Å²) in [5.74, 6) is 0.415. The van der Waals surface area contributed by atoms with Gasteiger partial charge in [-0.3, -0.25) is 9.48 Å². The number of hydrogen-bond donors (Lipinski definition) is 1. The number of anilines is 1. The van der Waals surface area contributed by atoms with Crippen LogP contribution in [0.15, 0.2) is 36.7 Å². The monoisotopic (exact) mass is 353 g/mol. The molecule has 138 valence electrons. The maximum Gasteiger partial charge on any atom is 0.228 e. The second kappa shape index (κ2) is 6.76. The van der Waals surface area contributed by atoms with E-state index < -0.39 is 0 Å². The molecule has 2 aliphatic heterocycles. The van der Waals surface area contributed by atoms with Crippen LogP contribution in [-0.4, -0.2) is 53.3 Å². The summed E-state index contributed by atoms with van der Waals surface area (Å²) in [7, 11) is 4.03. The Morgan fingerprint density at radius 3 is 2.81 bits per heavy atom. The van der Waals surface area contributed by atoms with Crippen LogP contribution in [-0.2, 0) is 18.4 Å². The quantitative estimate of drug-likeness (QED) is 0.891. The van der Waals surface area contributed by atoms with Crippen molar-refractivity contribution < 1.29 is 4.79 Å². The number of carbonyl (C=O) groups excluding carboxylic acids is 1. The highest BCUT2D eigenvalue weighted by Crippen LogP contribution is 2.32. The number of nitrogens with one attached hydrogen (secondary N) is 1. The van der Waals surface area contributed by atoms with Crippen molar-refractivity contribution in [1.29, 1.82) is 0 Å². The first-order valence-electron chi connectivity index (χ1n) is 9.33. The summed E-state index contributed by atoms with van der Waals surface area (Å²) in [6.45, 7) is 5.25. The molecular weight excluding hydrogens is 326 g/mol. The second-order valence-corrected chi connectivity index (χ2v) is 7.64. The topological polar surface area (TPSA) is 53.4 Å². The first-order chi connectivity index (χ1) is 12.5. The van der Waals surface area contributed by atoms with E-state index in [1.165, 1.54) is 11.3 Å². The molecule has 1 aromatic carbocycles. The number of rotatable bonds is 2. The SMILES string of the molecule is CC1CN(C)c2ccccc2CN1C(=O)[C@H]1CNC[C@@H]1c1cnn(C)c1. The molecule has 0 saturated carbocycles. The zero-order valence-electron chi connectivity index (χ0n) is 15.7. The van der Waals surface area contributed by atoms with Gasteiger partial charge in [0, 0.05) is 64.1 Å². The molecule has 1 N–H and O–H groups in total. The molecule has 1 aromatic heterocycles. The lowest BCUT2D eigenvalue weighted by Crippen LogP contribution is -2.46. The van der Waals surface area contributed by atoms with Crippen LogP contribution in [0.25, 0.3) is 0 Å². The highest BCUT2D eigenvalue weighted by atomic mass is 16.2. The minimum absolute atomic E-state index is 0.0304. The molecule has 6 heteroatoms. The maximum absolute atomic E-state index is 13.5. The molecule has 0 aliphatic carbocycles. The molecule has 1 fully saturated rings. The maximum atomic E-state index is 13.5. The smallest absolute Gasteiger partial charge is 0.228 e. The van der Waals surface area contributed by atoms with Crippen molar-refractivity contribution >= 4 is 11.6 Å². The highest BCUT2D eigenvalue weighted by Gasteiger charge is 2.39. The third-order valence-corrected chi connectivity index (χ3v) is 5.78. The predicted molar refractivity (Wildman–Crippen MR) is 102 cm³/mol. The van der Waals surface area contributed by atoms with Crippen LogP contribution in [0.3, 0.4) is 0 Å². The fourth-order valence-electron chi connectivity index (χ4n) is 4.38. The van der Waals surface area contributed by atoms with Gasteiger partial charge in [0.15, 0.2) is 0 Å². The van der Waals surface area contributed by atoms with Crippen molar-refractivity contribution in [2.24, 2.45) is 13.0 Å². The Labute approximate surface area is 154 Å². The van der Waals surface area contributed by atoms with Gasteiger partial charge in [-0.25, -0.2) is 0 Å². The molecular formula is C20H27N5O. The van der Waals surface area contributed by atoms with Crippen LogP contribution in [0.5, 0.6) is 0 Å². The number of likely N-dealkylation sites (N-methyl/N-ethyl adjacent to an activating group) is 1. The minimum atomic E-state index is -0.0304. The summed E-state index contributed by atoms with van der Waals surface area (Å²) in [5, 5.41) is 7.71. The average molecular weight is 353 g/mol. The van der Waals surface area contributed by atoms with Gasteiger partial charge in [-0.05, 0) is 24.1 Å². The van der Waals surface area contributed by atoms with E-state index in [0.29, 0.717) is 6.54 Å². The van der Waals surface area contributed by atoms with Crippen LogP contribution in [0.2, 0.25) is 0 Å². The summed E-state index contributed by atoms with van der Waals surface area (Å²) in [6.07, 6.45) is 3.93. The van der Waals surface area contributed by atoms with Crippen LogP contribution in [0.1, 0.15) is 24.0 Å². The van der Waals surface area contributed by atoms with Gasteiger partial charge in [-0.2, -0.15) is 5.10 Å². The van der Waals surface area contributed by atoms with E-state index in [-0.39, 0.29) is 23.8 Å². The van der Waals surface area contributed by atoms with E-state index in [1.807, 2.05) is 24.1 Å². The molecule has 2 aliphatic rings. The van der Waals surface area contributed by atoms with Crippen LogP contribution < -0.4 is 10.2 Å². The van der Waals surface area contributed by atoms with Gasteiger partial charge in [0.1, 0.15) is 0 Å². The van der Waals surface area contributed by atoms with Gasteiger partial charge < -0.3 is 15.1 Å². The number of benzene rings is 1. The van der Waals surface area contributed by atoms with E-state index in [9.17, 15) is 4.79 Å². The lowest BCUT2D eigenvalue weighted by atomic mass is 9.89. The van der Waals surface area contributed by atoms with Gasteiger partial charge in [0.2, 0.25) is 5.91 Å². The standard InChI is InChI=1S/C20H27N5O/c1-14-11-23(2)19-7-5-4-6-15(19)13-25(14)20(26)18-10-21-9-17(18)16-8-22-24(3)12-16/h4-8,12,14,17-18,21H,9-11,13H2,1-3H3/t14?,17-,18+/m1/s1. The van der Waals surface area contributed by atoms with E-state index in [1.54, 1.807) is 0 Å². The van der Waals surface area contributed by atoms with Crippen molar-refractivity contribution in [3.63, 3.8) is 0 Å². The molecule has 3 atom stereocenters.